The molecule has 0 spiro atoms. The van der Waals surface area contributed by atoms with Crippen LogP contribution in [0.1, 0.15) is 56.6 Å². The molecular weight excluding hydrogens is 248 g/mol. The molecule has 2 saturated carbocycles. The normalized spacial score (nSPS) is 19.2. The molecule has 0 aromatic carbocycles. The minimum Gasteiger partial charge on any atom is -0.465 e. The Balaban J connectivity index is 1.58. The molecule has 3 nitrogen and oxygen atoms in total. The molecule has 1 N–H and O–H groups in total. The summed E-state index contributed by atoms with van der Waals surface area (Å²) in [6.07, 6.45) is 5.50. The third-order valence-electron chi connectivity index (χ3n) is 4.51. The molecule has 0 bridgehead atoms. The predicted octanol–water partition coefficient (Wildman–Crippen LogP) is 3.46. The van der Waals surface area contributed by atoms with E-state index >= 15 is 0 Å². The van der Waals surface area contributed by atoms with Crippen molar-refractivity contribution in [3.63, 3.8) is 0 Å². The highest BCUT2D eigenvalue weighted by Crippen LogP contribution is 2.31. The van der Waals surface area contributed by atoms with Crippen LogP contribution in [0.4, 0.5) is 0 Å². The highest BCUT2D eigenvalue weighted by atomic mass is 16.3. The van der Waals surface area contributed by atoms with E-state index in [1.807, 2.05) is 0 Å². The fourth-order valence-electron chi connectivity index (χ4n) is 2.67. The average molecular weight is 276 g/mol. The first kappa shape index (κ1) is 14.2. The van der Waals surface area contributed by atoms with Crippen molar-refractivity contribution in [3.05, 3.63) is 23.2 Å². The predicted molar refractivity (Wildman–Crippen MR) is 81.6 cm³/mol. The van der Waals surface area contributed by atoms with E-state index in [0.29, 0.717) is 6.04 Å². The molecule has 2 aliphatic carbocycles. The summed E-state index contributed by atoms with van der Waals surface area (Å²) in [4.78, 5) is 2.59. The van der Waals surface area contributed by atoms with Crippen molar-refractivity contribution < 1.29 is 4.42 Å². The average Bonchev–Trinajstić information content (AvgIpc) is 3.29. The van der Waals surface area contributed by atoms with Crippen LogP contribution in [0.15, 0.2) is 10.5 Å². The zero-order chi connectivity index (χ0) is 14.1. The molecule has 0 saturated heterocycles. The summed E-state index contributed by atoms with van der Waals surface area (Å²) in [5, 5.41) is 3.52. The lowest BCUT2D eigenvalue weighted by atomic mass is 10.2. The second-order valence-corrected chi connectivity index (χ2v) is 6.92. The zero-order valence-corrected chi connectivity index (χ0v) is 13.1. The number of aryl methyl sites for hydroxylation is 1. The molecule has 0 radical (unpaired) electrons. The Labute approximate surface area is 122 Å². The van der Waals surface area contributed by atoms with Crippen molar-refractivity contribution in [3.8, 4) is 0 Å². The monoisotopic (exact) mass is 276 g/mol. The molecule has 20 heavy (non-hydrogen) atoms. The second kappa shape index (κ2) is 5.90. The molecule has 3 heteroatoms. The smallest absolute Gasteiger partial charge is 0.118 e. The summed E-state index contributed by atoms with van der Waals surface area (Å²) in [6, 6.07) is 3.61. The van der Waals surface area contributed by atoms with Gasteiger partial charge < -0.3 is 9.73 Å². The van der Waals surface area contributed by atoms with Crippen LogP contribution in [0, 0.1) is 12.8 Å². The molecule has 1 heterocycles. The van der Waals surface area contributed by atoms with E-state index in [1.165, 1.54) is 37.8 Å². The van der Waals surface area contributed by atoms with Gasteiger partial charge in [-0.3, -0.25) is 4.90 Å². The van der Waals surface area contributed by atoms with Gasteiger partial charge in [0, 0.05) is 30.7 Å². The van der Waals surface area contributed by atoms with Gasteiger partial charge >= 0.3 is 0 Å². The van der Waals surface area contributed by atoms with Gasteiger partial charge in [0.15, 0.2) is 0 Å². The van der Waals surface area contributed by atoms with Gasteiger partial charge in [0.2, 0.25) is 0 Å². The molecule has 0 amide bonds. The van der Waals surface area contributed by atoms with E-state index in [0.717, 1.165) is 36.6 Å². The van der Waals surface area contributed by atoms with E-state index < -0.39 is 0 Å². The maximum Gasteiger partial charge on any atom is 0.118 e. The number of nitrogens with one attached hydrogen (secondary N) is 1. The van der Waals surface area contributed by atoms with Gasteiger partial charge in [0.05, 0.1) is 6.54 Å². The van der Waals surface area contributed by atoms with Crippen molar-refractivity contribution in [2.45, 2.75) is 71.6 Å². The summed E-state index contributed by atoms with van der Waals surface area (Å²) >= 11 is 0. The molecule has 2 fully saturated rings. The van der Waals surface area contributed by atoms with Crippen LogP contribution in [-0.4, -0.2) is 23.5 Å². The number of furan rings is 1. The van der Waals surface area contributed by atoms with Crippen LogP contribution in [-0.2, 0) is 13.1 Å². The first-order valence-corrected chi connectivity index (χ1v) is 8.17. The van der Waals surface area contributed by atoms with Gasteiger partial charge in [-0.05, 0) is 58.4 Å². The molecule has 1 aromatic heterocycles. The molecule has 3 rings (SSSR count). The van der Waals surface area contributed by atoms with Crippen molar-refractivity contribution >= 4 is 0 Å². The minimum absolute atomic E-state index is 0.609. The third-order valence-corrected chi connectivity index (χ3v) is 4.51. The Morgan fingerprint density at radius 1 is 1.30 bits per heavy atom. The van der Waals surface area contributed by atoms with Crippen LogP contribution in [0.25, 0.3) is 0 Å². The Morgan fingerprint density at radius 3 is 2.65 bits per heavy atom. The maximum absolute atomic E-state index is 5.90. The first-order chi connectivity index (χ1) is 9.61. The first-order valence-electron chi connectivity index (χ1n) is 8.17. The summed E-state index contributed by atoms with van der Waals surface area (Å²) in [5.41, 5.74) is 1.37. The molecule has 112 valence electrons. The fourth-order valence-corrected chi connectivity index (χ4v) is 2.67. The topological polar surface area (TPSA) is 28.4 Å². The highest BCUT2D eigenvalue weighted by molar-refractivity contribution is 5.21. The number of hydrogen-bond donors (Lipinski definition) is 1. The molecule has 2 aliphatic rings. The van der Waals surface area contributed by atoms with Gasteiger partial charge in [-0.1, -0.05) is 0 Å². The minimum atomic E-state index is 0.609. The summed E-state index contributed by atoms with van der Waals surface area (Å²) in [5.74, 6) is 3.14. The van der Waals surface area contributed by atoms with Gasteiger partial charge in [0.25, 0.3) is 0 Å². The van der Waals surface area contributed by atoms with Crippen LogP contribution in [0.2, 0.25) is 0 Å². The Bertz CT molecular complexity index is 444. The molecule has 0 unspecified atom stereocenters. The van der Waals surface area contributed by atoms with Gasteiger partial charge in [-0.25, -0.2) is 0 Å². The number of rotatable bonds is 8. The van der Waals surface area contributed by atoms with Crippen molar-refractivity contribution in [2.24, 2.45) is 5.92 Å². The molecule has 0 aliphatic heterocycles. The lowest BCUT2D eigenvalue weighted by molar-refractivity contribution is 0.202. The van der Waals surface area contributed by atoms with Gasteiger partial charge in [0.1, 0.15) is 11.5 Å². The lowest BCUT2D eigenvalue weighted by Crippen LogP contribution is -2.32. The maximum atomic E-state index is 5.90. The molecule has 1 aromatic rings. The standard InChI is InChI=1S/C17H28N2O/c1-12(2)19(10-14-4-5-14)11-15-8-17(20-13(15)3)9-18-16-6-7-16/h8,12,14,16,18H,4-7,9-11H2,1-3H3. The van der Waals surface area contributed by atoms with Crippen molar-refractivity contribution in [1.29, 1.82) is 0 Å². The second-order valence-electron chi connectivity index (χ2n) is 6.92. The Hall–Kier alpha value is -0.800. The Morgan fingerprint density at radius 2 is 2.05 bits per heavy atom. The van der Waals surface area contributed by atoms with E-state index in [1.54, 1.807) is 0 Å². The zero-order valence-electron chi connectivity index (χ0n) is 13.1. The quantitative estimate of drug-likeness (QED) is 0.788. The van der Waals surface area contributed by atoms with Crippen LogP contribution >= 0.6 is 0 Å². The summed E-state index contributed by atoms with van der Waals surface area (Å²) in [6.45, 7) is 9.87. The third kappa shape index (κ3) is 3.86. The van der Waals surface area contributed by atoms with Crippen molar-refractivity contribution in [2.75, 3.05) is 6.54 Å². The van der Waals surface area contributed by atoms with E-state index in [-0.39, 0.29) is 0 Å². The number of hydrogen-bond acceptors (Lipinski definition) is 3. The molecular formula is C17H28N2O. The van der Waals surface area contributed by atoms with Crippen molar-refractivity contribution in [1.82, 2.24) is 10.2 Å². The summed E-state index contributed by atoms with van der Waals surface area (Å²) < 4.78 is 5.90. The highest BCUT2D eigenvalue weighted by Gasteiger charge is 2.26. The van der Waals surface area contributed by atoms with Gasteiger partial charge in [-0.2, -0.15) is 0 Å². The molecule has 0 atom stereocenters. The lowest BCUT2D eigenvalue weighted by Gasteiger charge is -2.26. The number of nitrogens with zero attached hydrogens (tertiary/aromatic N) is 1. The van der Waals surface area contributed by atoms with Crippen LogP contribution in [0.3, 0.4) is 0 Å². The van der Waals surface area contributed by atoms with Gasteiger partial charge in [-0.15, -0.1) is 0 Å². The van der Waals surface area contributed by atoms with Crippen LogP contribution < -0.4 is 5.32 Å². The van der Waals surface area contributed by atoms with E-state index in [2.05, 4.69) is 37.1 Å². The largest absolute Gasteiger partial charge is 0.465 e. The van der Waals surface area contributed by atoms with Crippen LogP contribution in [0.5, 0.6) is 0 Å². The van der Waals surface area contributed by atoms with E-state index in [4.69, 9.17) is 4.42 Å². The van der Waals surface area contributed by atoms with E-state index in [9.17, 15) is 0 Å². The Kier molecular flexibility index (Phi) is 4.18. The summed E-state index contributed by atoms with van der Waals surface area (Å²) in [7, 11) is 0. The SMILES string of the molecule is Cc1oc(CNC2CC2)cc1CN(CC1CC1)C(C)C. The fraction of sp³-hybridized carbons (Fsp3) is 0.765.